The smallest absolute Gasteiger partial charge is 0.307 e. The lowest BCUT2D eigenvalue weighted by Gasteiger charge is -2.12. The van der Waals surface area contributed by atoms with E-state index in [-0.39, 0.29) is 5.82 Å². The molecule has 3 aromatic carbocycles. The second-order valence-electron chi connectivity index (χ2n) is 6.48. The average molecular weight is 400 g/mol. The quantitative estimate of drug-likeness (QED) is 0.443. The molecular formula is C23H17FN4O2. The van der Waals surface area contributed by atoms with Gasteiger partial charge in [0, 0.05) is 16.6 Å². The van der Waals surface area contributed by atoms with E-state index >= 15 is 0 Å². The van der Waals surface area contributed by atoms with Gasteiger partial charge in [0.05, 0.1) is 16.8 Å². The number of benzene rings is 3. The Hall–Kier alpha value is -4.26. The number of pyridine rings is 1. The molecule has 0 spiro atoms. The summed E-state index contributed by atoms with van der Waals surface area (Å²) >= 11 is 0. The zero-order valence-electron chi connectivity index (χ0n) is 15.7. The average Bonchev–Trinajstić information content (AvgIpc) is 2.78. The number of aromatic nitrogens is 1. The number of para-hydroxylation sites is 2. The minimum absolute atomic E-state index is 0.333. The van der Waals surface area contributed by atoms with Gasteiger partial charge < -0.3 is 5.32 Å². The molecule has 4 rings (SSSR count). The number of hydrogen-bond acceptors (Lipinski definition) is 3. The van der Waals surface area contributed by atoms with Gasteiger partial charge >= 0.3 is 6.03 Å². The van der Waals surface area contributed by atoms with Gasteiger partial charge in [-0.2, -0.15) is 0 Å². The topological polar surface area (TPSA) is 83.1 Å². The van der Waals surface area contributed by atoms with Crippen LogP contribution in [0.15, 0.2) is 84.9 Å². The molecule has 0 saturated carbocycles. The third-order valence-corrected chi connectivity index (χ3v) is 4.42. The number of nitrogens with one attached hydrogen (secondary N) is 3. The van der Waals surface area contributed by atoms with Crippen molar-refractivity contribution in [2.24, 2.45) is 0 Å². The molecule has 148 valence electrons. The van der Waals surface area contributed by atoms with Crippen LogP contribution in [0.3, 0.4) is 0 Å². The number of urea groups is 1. The van der Waals surface area contributed by atoms with Gasteiger partial charge in [0.1, 0.15) is 5.82 Å². The summed E-state index contributed by atoms with van der Waals surface area (Å²) in [5.74, 6) is -0.855. The van der Waals surface area contributed by atoms with Crippen LogP contribution in [0.2, 0.25) is 0 Å². The second kappa shape index (κ2) is 8.40. The molecule has 0 unspecified atom stereocenters. The number of halogens is 1. The first-order valence-corrected chi connectivity index (χ1v) is 9.18. The highest BCUT2D eigenvalue weighted by molar-refractivity contribution is 6.07. The highest BCUT2D eigenvalue weighted by atomic mass is 19.1. The summed E-state index contributed by atoms with van der Waals surface area (Å²) in [6, 6.07) is 22.9. The van der Waals surface area contributed by atoms with Gasteiger partial charge in [-0.1, -0.05) is 36.4 Å². The van der Waals surface area contributed by atoms with Crippen LogP contribution < -0.4 is 16.2 Å². The summed E-state index contributed by atoms with van der Waals surface area (Å²) in [5, 5.41) is 3.25. The Balaban J connectivity index is 1.58. The molecule has 0 saturated heterocycles. The Kier molecular flexibility index (Phi) is 5.34. The Labute approximate surface area is 171 Å². The van der Waals surface area contributed by atoms with Crippen LogP contribution in [-0.4, -0.2) is 16.9 Å². The molecule has 30 heavy (non-hydrogen) atoms. The van der Waals surface area contributed by atoms with E-state index in [0.29, 0.717) is 33.4 Å². The van der Waals surface area contributed by atoms with Crippen LogP contribution in [0.25, 0.3) is 22.2 Å². The number of hydrogen-bond donors (Lipinski definition) is 3. The van der Waals surface area contributed by atoms with E-state index in [9.17, 15) is 14.0 Å². The van der Waals surface area contributed by atoms with Crippen molar-refractivity contribution < 1.29 is 14.0 Å². The van der Waals surface area contributed by atoms with E-state index in [2.05, 4.69) is 21.2 Å². The Morgan fingerprint density at radius 3 is 2.27 bits per heavy atom. The van der Waals surface area contributed by atoms with E-state index in [4.69, 9.17) is 0 Å². The van der Waals surface area contributed by atoms with Gasteiger partial charge in [-0.05, 0) is 48.5 Å². The highest BCUT2D eigenvalue weighted by Gasteiger charge is 2.15. The van der Waals surface area contributed by atoms with Crippen molar-refractivity contribution in [3.05, 3.63) is 96.3 Å². The predicted molar refractivity (Wildman–Crippen MR) is 113 cm³/mol. The van der Waals surface area contributed by atoms with Crippen molar-refractivity contribution in [2.75, 3.05) is 5.32 Å². The van der Waals surface area contributed by atoms with Crippen LogP contribution in [0.5, 0.6) is 0 Å². The molecule has 0 aliphatic carbocycles. The van der Waals surface area contributed by atoms with Crippen molar-refractivity contribution in [1.82, 2.24) is 15.8 Å². The maximum absolute atomic E-state index is 13.3. The molecule has 7 heteroatoms. The first kappa shape index (κ1) is 19.1. The van der Waals surface area contributed by atoms with Gasteiger partial charge in [-0.25, -0.2) is 19.6 Å². The molecule has 1 aromatic heterocycles. The maximum Gasteiger partial charge on any atom is 0.337 e. The lowest BCUT2D eigenvalue weighted by Crippen LogP contribution is -2.44. The number of amides is 3. The van der Waals surface area contributed by atoms with E-state index in [0.717, 1.165) is 0 Å². The lowest BCUT2D eigenvalue weighted by molar-refractivity contribution is 0.0939. The van der Waals surface area contributed by atoms with Crippen molar-refractivity contribution in [3.8, 4) is 11.3 Å². The van der Waals surface area contributed by atoms with Crippen LogP contribution in [0.4, 0.5) is 14.9 Å². The van der Waals surface area contributed by atoms with Gasteiger partial charge in [0.15, 0.2) is 0 Å². The number of nitrogens with zero attached hydrogens (tertiary/aromatic N) is 1. The van der Waals surface area contributed by atoms with Crippen LogP contribution >= 0.6 is 0 Å². The summed E-state index contributed by atoms with van der Waals surface area (Å²) < 4.78 is 13.3. The molecule has 0 bridgehead atoms. The minimum atomic E-state index is -0.577. The molecule has 0 fully saturated rings. The summed E-state index contributed by atoms with van der Waals surface area (Å²) in [6.45, 7) is 0. The van der Waals surface area contributed by atoms with E-state index < -0.39 is 11.9 Å². The zero-order valence-corrected chi connectivity index (χ0v) is 15.7. The third kappa shape index (κ3) is 4.25. The molecule has 3 amide bonds. The Morgan fingerprint density at radius 1 is 0.800 bits per heavy atom. The fourth-order valence-corrected chi connectivity index (χ4v) is 3.00. The summed E-state index contributed by atoms with van der Waals surface area (Å²) in [4.78, 5) is 29.4. The van der Waals surface area contributed by atoms with Crippen molar-refractivity contribution in [3.63, 3.8) is 0 Å². The number of anilines is 1. The fourth-order valence-electron chi connectivity index (χ4n) is 3.00. The maximum atomic E-state index is 13.3. The molecule has 4 aromatic rings. The molecule has 6 nitrogen and oxygen atoms in total. The van der Waals surface area contributed by atoms with Crippen molar-refractivity contribution >= 4 is 28.5 Å². The third-order valence-electron chi connectivity index (χ3n) is 4.42. The van der Waals surface area contributed by atoms with Crippen molar-refractivity contribution in [1.29, 1.82) is 0 Å². The zero-order chi connectivity index (χ0) is 20.9. The van der Waals surface area contributed by atoms with Gasteiger partial charge in [-0.3, -0.25) is 10.2 Å². The largest absolute Gasteiger partial charge is 0.337 e. The minimum Gasteiger partial charge on any atom is -0.307 e. The van der Waals surface area contributed by atoms with Gasteiger partial charge in [0.2, 0.25) is 0 Å². The lowest BCUT2D eigenvalue weighted by atomic mass is 10.0. The molecule has 3 N–H and O–H groups in total. The second-order valence-corrected chi connectivity index (χ2v) is 6.48. The van der Waals surface area contributed by atoms with E-state index in [1.54, 1.807) is 60.7 Å². The predicted octanol–water partition coefficient (Wildman–Crippen LogP) is 4.51. The summed E-state index contributed by atoms with van der Waals surface area (Å²) in [5.41, 5.74) is 7.48. The fraction of sp³-hybridized carbons (Fsp3) is 0. The number of rotatable bonds is 3. The molecule has 0 aliphatic heterocycles. The number of carbonyl (C=O) groups is 2. The normalized spacial score (nSPS) is 10.4. The van der Waals surface area contributed by atoms with Crippen LogP contribution in [0.1, 0.15) is 10.4 Å². The monoisotopic (exact) mass is 400 g/mol. The molecular weight excluding hydrogens is 383 g/mol. The highest BCUT2D eigenvalue weighted by Crippen LogP contribution is 2.25. The van der Waals surface area contributed by atoms with Crippen LogP contribution in [0, 0.1) is 5.82 Å². The van der Waals surface area contributed by atoms with Gasteiger partial charge in [-0.15, -0.1) is 0 Å². The first-order chi connectivity index (χ1) is 14.6. The van der Waals surface area contributed by atoms with E-state index in [1.807, 2.05) is 12.1 Å². The standard InChI is InChI=1S/C23H17FN4O2/c24-16-12-10-15(11-13-16)21-14-19(18-8-4-5-9-20(18)26-21)22(29)27-28-23(30)25-17-6-2-1-3-7-17/h1-14H,(H,27,29)(H2,25,28,30). The van der Waals surface area contributed by atoms with E-state index in [1.165, 1.54) is 12.1 Å². The Morgan fingerprint density at radius 2 is 1.50 bits per heavy atom. The van der Waals surface area contributed by atoms with Gasteiger partial charge in [0.25, 0.3) is 5.91 Å². The SMILES string of the molecule is O=C(NNC(=O)c1cc(-c2ccc(F)cc2)nc2ccccc12)Nc1ccccc1. The Bertz CT molecular complexity index is 1210. The van der Waals surface area contributed by atoms with Crippen LogP contribution in [-0.2, 0) is 0 Å². The number of fused-ring (bicyclic) bond motifs is 1. The van der Waals surface area contributed by atoms with Crippen molar-refractivity contribution in [2.45, 2.75) is 0 Å². The molecule has 1 heterocycles. The summed E-state index contributed by atoms with van der Waals surface area (Å²) in [6.07, 6.45) is 0. The molecule has 0 atom stereocenters. The summed E-state index contributed by atoms with van der Waals surface area (Å²) in [7, 11) is 0. The molecule has 0 aliphatic rings. The first-order valence-electron chi connectivity index (χ1n) is 9.18. The number of hydrazine groups is 1. The number of carbonyl (C=O) groups excluding carboxylic acids is 2. The molecule has 0 radical (unpaired) electrons.